The van der Waals surface area contributed by atoms with Crippen molar-refractivity contribution in [3.63, 3.8) is 0 Å². The first kappa shape index (κ1) is 20.2. The molecule has 1 heterocycles. The van der Waals surface area contributed by atoms with Gasteiger partial charge in [0.2, 0.25) is 0 Å². The summed E-state index contributed by atoms with van der Waals surface area (Å²) in [6.07, 6.45) is 15.3. The summed E-state index contributed by atoms with van der Waals surface area (Å²) in [4.78, 5) is 0. The molecular formula is C25H39BO3. The van der Waals surface area contributed by atoms with Crippen LogP contribution in [0.1, 0.15) is 85.0 Å². The Bertz CT molecular complexity index is 715. The molecule has 4 heteroatoms. The fourth-order valence-electron chi connectivity index (χ4n) is 7.98. The molecule has 0 radical (unpaired) electrons. The highest BCUT2D eigenvalue weighted by molar-refractivity contribution is 6.45. The fraction of sp³-hybridized carbons (Fsp3) is 0.840. The number of aliphatic hydroxyl groups excluding tert-OH is 1. The Balaban J connectivity index is 1.38. The quantitative estimate of drug-likeness (QED) is 0.475. The van der Waals surface area contributed by atoms with Crippen LogP contribution in [0.2, 0.25) is 6.32 Å². The van der Waals surface area contributed by atoms with Gasteiger partial charge in [-0.3, -0.25) is 0 Å². The summed E-state index contributed by atoms with van der Waals surface area (Å²) in [6.45, 7) is 7.98. The first-order valence-electron chi connectivity index (χ1n) is 12.3. The van der Waals surface area contributed by atoms with Crippen LogP contribution < -0.4 is 0 Å². The molecule has 0 spiro atoms. The molecule has 6 atom stereocenters. The van der Waals surface area contributed by atoms with Gasteiger partial charge >= 0.3 is 7.12 Å². The first-order valence-corrected chi connectivity index (χ1v) is 12.3. The Morgan fingerprint density at radius 1 is 1.14 bits per heavy atom. The van der Waals surface area contributed by atoms with E-state index in [1.54, 1.807) is 11.1 Å². The van der Waals surface area contributed by atoms with Crippen LogP contribution in [0.5, 0.6) is 0 Å². The highest BCUT2D eigenvalue weighted by Gasteiger charge is 2.58. The van der Waals surface area contributed by atoms with Crippen LogP contribution in [-0.2, 0) is 9.31 Å². The number of allylic oxidation sites excluding steroid dienone is 2. The molecule has 0 aromatic rings. The minimum absolute atomic E-state index is 0.0100. The third-order valence-corrected chi connectivity index (χ3v) is 9.67. The van der Waals surface area contributed by atoms with Gasteiger partial charge in [0.15, 0.2) is 0 Å². The molecule has 0 aromatic heterocycles. The van der Waals surface area contributed by atoms with Gasteiger partial charge in [-0.2, -0.15) is 0 Å². The van der Waals surface area contributed by atoms with Crippen molar-refractivity contribution in [2.45, 2.75) is 97.4 Å². The number of hydrogen-bond donors (Lipinski definition) is 1. The monoisotopic (exact) mass is 398 g/mol. The topological polar surface area (TPSA) is 38.7 Å². The standard InChI is InChI=1S/C25H39BO3/c1-4-5-14-26-28-16-23(29-26)22-9-8-20-19-7-6-17-15-18(27)10-12-24(17,2)21(19)11-13-25(20,22)3/h6,18-21,27H,4-5,7-16H2,1-3H3/b23-22-/t18-,19-,20-,21-,24-,25-/m0/s1. The van der Waals surface area contributed by atoms with E-state index in [0.717, 1.165) is 36.9 Å². The fourth-order valence-corrected chi connectivity index (χ4v) is 7.98. The molecule has 160 valence electrons. The molecule has 4 aliphatic carbocycles. The molecule has 29 heavy (non-hydrogen) atoms. The summed E-state index contributed by atoms with van der Waals surface area (Å²) in [5, 5.41) is 10.2. The summed E-state index contributed by atoms with van der Waals surface area (Å²) in [6, 6.07) is 0. The van der Waals surface area contributed by atoms with Gasteiger partial charge in [-0.25, -0.2) is 0 Å². The van der Waals surface area contributed by atoms with Gasteiger partial charge in [-0.15, -0.1) is 0 Å². The first-order chi connectivity index (χ1) is 14.0. The van der Waals surface area contributed by atoms with Gasteiger partial charge < -0.3 is 14.4 Å². The summed E-state index contributed by atoms with van der Waals surface area (Å²) in [5.74, 6) is 3.57. The predicted molar refractivity (Wildman–Crippen MR) is 117 cm³/mol. The summed E-state index contributed by atoms with van der Waals surface area (Å²) in [5.41, 5.74) is 3.80. The maximum absolute atomic E-state index is 10.2. The molecule has 0 amide bonds. The van der Waals surface area contributed by atoms with E-state index in [4.69, 9.17) is 9.31 Å². The average molecular weight is 398 g/mol. The Labute approximate surface area is 177 Å². The van der Waals surface area contributed by atoms with Gasteiger partial charge in [0.25, 0.3) is 0 Å². The molecule has 0 bridgehead atoms. The lowest BCUT2D eigenvalue weighted by Gasteiger charge is -2.57. The number of aliphatic hydroxyl groups is 1. The van der Waals surface area contributed by atoms with E-state index in [1.807, 2.05) is 0 Å². The highest BCUT2D eigenvalue weighted by atomic mass is 16.6. The Hall–Kier alpha value is -0.735. The lowest BCUT2D eigenvalue weighted by Crippen LogP contribution is -2.49. The zero-order valence-electron chi connectivity index (χ0n) is 18.7. The molecule has 4 fully saturated rings. The molecule has 1 saturated heterocycles. The van der Waals surface area contributed by atoms with E-state index in [9.17, 15) is 5.11 Å². The molecule has 1 N–H and O–H groups in total. The van der Waals surface area contributed by atoms with E-state index in [0.29, 0.717) is 17.4 Å². The zero-order chi connectivity index (χ0) is 20.2. The molecule has 0 unspecified atom stereocenters. The third-order valence-electron chi connectivity index (χ3n) is 9.67. The lowest BCUT2D eigenvalue weighted by molar-refractivity contribution is -0.0274. The van der Waals surface area contributed by atoms with E-state index in [2.05, 4.69) is 26.8 Å². The average Bonchev–Trinajstić information content (AvgIpc) is 3.30. The minimum Gasteiger partial charge on any atom is -0.537 e. The van der Waals surface area contributed by atoms with Gasteiger partial charge in [0.1, 0.15) is 5.76 Å². The van der Waals surface area contributed by atoms with Crippen molar-refractivity contribution in [1.82, 2.24) is 0 Å². The Morgan fingerprint density at radius 3 is 2.76 bits per heavy atom. The Kier molecular flexibility index (Phi) is 5.18. The van der Waals surface area contributed by atoms with Crippen LogP contribution in [0.3, 0.4) is 0 Å². The van der Waals surface area contributed by atoms with Gasteiger partial charge in [0.05, 0.1) is 12.7 Å². The van der Waals surface area contributed by atoms with Crippen molar-refractivity contribution < 1.29 is 14.4 Å². The maximum Gasteiger partial charge on any atom is 0.525 e. The second kappa shape index (κ2) is 7.44. The third kappa shape index (κ3) is 3.16. The number of hydrogen-bond acceptors (Lipinski definition) is 3. The van der Waals surface area contributed by atoms with Crippen molar-refractivity contribution in [2.75, 3.05) is 6.61 Å². The van der Waals surface area contributed by atoms with Crippen LogP contribution in [0.25, 0.3) is 0 Å². The summed E-state index contributed by atoms with van der Waals surface area (Å²) in [7, 11) is -0.0100. The van der Waals surface area contributed by atoms with Crippen molar-refractivity contribution in [3.05, 3.63) is 23.0 Å². The minimum atomic E-state index is -0.109. The lowest BCUT2D eigenvalue weighted by atomic mass is 9.48. The molecule has 3 nitrogen and oxygen atoms in total. The maximum atomic E-state index is 10.2. The summed E-state index contributed by atoms with van der Waals surface area (Å²) < 4.78 is 12.3. The van der Waals surface area contributed by atoms with Gasteiger partial charge in [-0.05, 0) is 91.8 Å². The SMILES string of the molecule is CCCCB1OC/C(=C2\CC[C@H]3[C@@H]4CC=C5C[C@@H](O)CC[C@]5(C)[C@H]4CC[C@]23C)O1. The molecular weight excluding hydrogens is 359 g/mol. The highest BCUT2D eigenvalue weighted by Crippen LogP contribution is 2.66. The summed E-state index contributed by atoms with van der Waals surface area (Å²) >= 11 is 0. The molecule has 0 aromatic carbocycles. The van der Waals surface area contributed by atoms with E-state index >= 15 is 0 Å². The zero-order valence-corrected chi connectivity index (χ0v) is 18.7. The molecule has 3 saturated carbocycles. The van der Waals surface area contributed by atoms with E-state index in [1.165, 1.54) is 57.1 Å². The van der Waals surface area contributed by atoms with Crippen LogP contribution in [-0.4, -0.2) is 24.9 Å². The van der Waals surface area contributed by atoms with Crippen LogP contribution in [0.15, 0.2) is 23.0 Å². The molecule has 5 aliphatic rings. The Morgan fingerprint density at radius 2 is 1.93 bits per heavy atom. The van der Waals surface area contributed by atoms with Crippen LogP contribution in [0, 0.1) is 28.6 Å². The van der Waals surface area contributed by atoms with Crippen molar-refractivity contribution >= 4 is 7.12 Å². The van der Waals surface area contributed by atoms with Gasteiger partial charge in [0, 0.05) is 0 Å². The van der Waals surface area contributed by atoms with E-state index < -0.39 is 0 Å². The van der Waals surface area contributed by atoms with Gasteiger partial charge in [-0.1, -0.05) is 45.3 Å². The second-order valence-corrected chi connectivity index (χ2v) is 11.1. The van der Waals surface area contributed by atoms with Crippen LogP contribution in [0.4, 0.5) is 0 Å². The van der Waals surface area contributed by atoms with Crippen molar-refractivity contribution in [1.29, 1.82) is 0 Å². The van der Waals surface area contributed by atoms with Crippen molar-refractivity contribution in [2.24, 2.45) is 28.6 Å². The molecule has 1 aliphatic heterocycles. The van der Waals surface area contributed by atoms with Crippen LogP contribution >= 0.6 is 0 Å². The second-order valence-electron chi connectivity index (χ2n) is 11.1. The molecule has 5 rings (SSSR count). The van der Waals surface area contributed by atoms with E-state index in [-0.39, 0.29) is 13.2 Å². The smallest absolute Gasteiger partial charge is 0.525 e. The number of unbranched alkanes of at least 4 members (excludes halogenated alkanes) is 1. The number of fused-ring (bicyclic) bond motifs is 5. The van der Waals surface area contributed by atoms with Crippen molar-refractivity contribution in [3.8, 4) is 0 Å². The normalized spacial score (nSPS) is 46.6. The number of rotatable bonds is 3. The predicted octanol–water partition coefficient (Wildman–Crippen LogP) is 5.90. The largest absolute Gasteiger partial charge is 0.537 e.